The fraction of sp³-hybridized carbons (Fsp3) is 0.769. The lowest BCUT2D eigenvalue weighted by Gasteiger charge is -2.14. The first-order chi connectivity index (χ1) is 7.86. The lowest BCUT2D eigenvalue weighted by molar-refractivity contribution is 0.484. The molecule has 0 aliphatic carbocycles. The number of hydrogen-bond acceptors (Lipinski definition) is 3. The van der Waals surface area contributed by atoms with Crippen LogP contribution in [0.2, 0.25) is 0 Å². The van der Waals surface area contributed by atoms with E-state index >= 15 is 0 Å². The predicted octanol–water partition coefficient (Wildman–Crippen LogP) is 3.63. The third-order valence-electron chi connectivity index (χ3n) is 3.00. The van der Waals surface area contributed by atoms with Crippen LogP contribution in [0.5, 0.6) is 0 Å². The lowest BCUT2D eigenvalue weighted by atomic mass is 10.0. The molecule has 0 saturated heterocycles. The first kappa shape index (κ1) is 13.7. The minimum atomic E-state index is 0.627. The minimum absolute atomic E-state index is 0.627. The second kappa shape index (κ2) is 8.71. The largest absolute Gasteiger partial charge is 0.317 e. The van der Waals surface area contributed by atoms with Gasteiger partial charge >= 0.3 is 0 Å². The van der Waals surface area contributed by atoms with E-state index in [0.717, 1.165) is 6.42 Å². The highest BCUT2D eigenvalue weighted by molar-refractivity contribution is 7.09. The first-order valence-corrected chi connectivity index (χ1v) is 7.29. The first-order valence-electron chi connectivity index (χ1n) is 6.41. The maximum Gasteiger partial charge on any atom is 0.0794 e. The maximum atomic E-state index is 4.12. The van der Waals surface area contributed by atoms with Crippen molar-refractivity contribution in [2.24, 2.45) is 0 Å². The summed E-state index contributed by atoms with van der Waals surface area (Å²) in [6.45, 7) is 2.26. The second-order valence-electron chi connectivity index (χ2n) is 4.36. The van der Waals surface area contributed by atoms with Gasteiger partial charge in [-0.05, 0) is 19.9 Å². The summed E-state index contributed by atoms with van der Waals surface area (Å²) in [5.74, 6) is 0. The van der Waals surface area contributed by atoms with E-state index < -0.39 is 0 Å². The van der Waals surface area contributed by atoms with Gasteiger partial charge in [0.05, 0.1) is 5.51 Å². The molecule has 1 N–H and O–H groups in total. The number of nitrogens with one attached hydrogen (secondary N) is 1. The van der Waals surface area contributed by atoms with Crippen LogP contribution < -0.4 is 5.32 Å². The summed E-state index contributed by atoms with van der Waals surface area (Å²) in [4.78, 5) is 5.52. The van der Waals surface area contributed by atoms with Crippen molar-refractivity contribution in [3.63, 3.8) is 0 Å². The molecule has 16 heavy (non-hydrogen) atoms. The van der Waals surface area contributed by atoms with Crippen molar-refractivity contribution in [1.29, 1.82) is 0 Å². The van der Waals surface area contributed by atoms with Crippen LogP contribution in [0.25, 0.3) is 0 Å². The minimum Gasteiger partial charge on any atom is -0.317 e. The normalized spacial score (nSPS) is 12.9. The highest BCUT2D eigenvalue weighted by Gasteiger charge is 2.07. The SMILES string of the molecule is CCCCCCCC(Cc1cncs1)NC. The van der Waals surface area contributed by atoms with Crippen LogP contribution in [0.15, 0.2) is 11.7 Å². The van der Waals surface area contributed by atoms with Gasteiger partial charge in [0.2, 0.25) is 0 Å². The van der Waals surface area contributed by atoms with Crippen molar-refractivity contribution >= 4 is 11.3 Å². The third-order valence-corrected chi connectivity index (χ3v) is 3.80. The highest BCUT2D eigenvalue weighted by Crippen LogP contribution is 2.13. The topological polar surface area (TPSA) is 24.9 Å². The Morgan fingerprint density at radius 3 is 2.75 bits per heavy atom. The summed E-state index contributed by atoms with van der Waals surface area (Å²) in [6, 6.07) is 0.627. The molecule has 1 unspecified atom stereocenters. The maximum absolute atomic E-state index is 4.12. The number of thiazole rings is 1. The molecular formula is C13H24N2S. The molecule has 1 atom stereocenters. The summed E-state index contributed by atoms with van der Waals surface area (Å²) < 4.78 is 0. The Kier molecular flexibility index (Phi) is 7.43. The molecule has 1 heterocycles. The highest BCUT2D eigenvalue weighted by atomic mass is 32.1. The van der Waals surface area contributed by atoms with Crippen molar-refractivity contribution in [2.75, 3.05) is 7.05 Å². The average Bonchev–Trinajstić information content (AvgIpc) is 2.80. The number of likely N-dealkylation sites (N-methyl/N-ethyl adjacent to an activating group) is 1. The van der Waals surface area contributed by atoms with Gasteiger partial charge in [-0.25, -0.2) is 0 Å². The average molecular weight is 240 g/mol. The summed E-state index contributed by atoms with van der Waals surface area (Å²) >= 11 is 1.76. The van der Waals surface area contributed by atoms with E-state index in [1.165, 1.54) is 43.4 Å². The van der Waals surface area contributed by atoms with E-state index in [9.17, 15) is 0 Å². The zero-order valence-corrected chi connectivity index (χ0v) is 11.4. The van der Waals surface area contributed by atoms with Crippen LogP contribution in [0, 0.1) is 0 Å². The van der Waals surface area contributed by atoms with Gasteiger partial charge in [-0.15, -0.1) is 11.3 Å². The standard InChI is InChI=1S/C13H24N2S/c1-3-4-5-6-7-8-12(14-2)9-13-10-15-11-16-13/h10-12,14H,3-9H2,1-2H3. The van der Waals surface area contributed by atoms with Crippen LogP contribution in [0.4, 0.5) is 0 Å². The van der Waals surface area contributed by atoms with Crippen LogP contribution in [-0.4, -0.2) is 18.1 Å². The molecule has 0 amide bonds. The summed E-state index contributed by atoms with van der Waals surface area (Å²) in [7, 11) is 2.07. The van der Waals surface area contributed by atoms with E-state index in [-0.39, 0.29) is 0 Å². The van der Waals surface area contributed by atoms with Gasteiger partial charge in [0.15, 0.2) is 0 Å². The van der Waals surface area contributed by atoms with E-state index in [1.807, 2.05) is 11.7 Å². The molecule has 1 aromatic rings. The van der Waals surface area contributed by atoms with Crippen LogP contribution in [-0.2, 0) is 6.42 Å². The smallest absolute Gasteiger partial charge is 0.0794 e. The third kappa shape index (κ3) is 5.61. The molecular weight excluding hydrogens is 216 g/mol. The molecule has 0 aromatic carbocycles. The number of aromatic nitrogens is 1. The van der Waals surface area contributed by atoms with Crippen LogP contribution in [0.1, 0.15) is 50.3 Å². The zero-order valence-electron chi connectivity index (χ0n) is 10.5. The van der Waals surface area contributed by atoms with Gasteiger partial charge in [0.1, 0.15) is 0 Å². The number of unbranched alkanes of at least 4 members (excludes halogenated alkanes) is 4. The van der Waals surface area contributed by atoms with Crippen molar-refractivity contribution in [3.8, 4) is 0 Å². The lowest BCUT2D eigenvalue weighted by Crippen LogP contribution is -2.27. The van der Waals surface area contributed by atoms with Crippen LogP contribution in [0.3, 0.4) is 0 Å². The number of hydrogen-bond donors (Lipinski definition) is 1. The summed E-state index contributed by atoms with van der Waals surface area (Å²) in [5, 5.41) is 3.41. The Labute approximate surface area is 103 Å². The van der Waals surface area contributed by atoms with Gasteiger partial charge in [0, 0.05) is 17.1 Å². The molecule has 0 bridgehead atoms. The fourth-order valence-corrected chi connectivity index (χ4v) is 2.60. The molecule has 1 aromatic heterocycles. The number of nitrogens with zero attached hydrogens (tertiary/aromatic N) is 1. The van der Waals surface area contributed by atoms with Crippen LogP contribution >= 0.6 is 11.3 Å². The van der Waals surface area contributed by atoms with Gasteiger partial charge in [-0.3, -0.25) is 4.98 Å². The zero-order chi connectivity index (χ0) is 11.6. The molecule has 1 rings (SSSR count). The Balaban J connectivity index is 2.12. The Hall–Kier alpha value is -0.410. The van der Waals surface area contributed by atoms with E-state index in [2.05, 4.69) is 24.3 Å². The summed E-state index contributed by atoms with van der Waals surface area (Å²) in [5.41, 5.74) is 1.92. The molecule has 0 saturated carbocycles. The number of rotatable bonds is 9. The van der Waals surface area contributed by atoms with E-state index in [0.29, 0.717) is 6.04 Å². The Morgan fingerprint density at radius 2 is 2.12 bits per heavy atom. The Morgan fingerprint density at radius 1 is 1.31 bits per heavy atom. The molecule has 92 valence electrons. The predicted molar refractivity (Wildman–Crippen MR) is 72.0 cm³/mol. The summed E-state index contributed by atoms with van der Waals surface area (Å²) in [6.07, 6.45) is 11.3. The van der Waals surface area contributed by atoms with Crippen molar-refractivity contribution < 1.29 is 0 Å². The van der Waals surface area contributed by atoms with Gasteiger partial charge in [0.25, 0.3) is 0 Å². The monoisotopic (exact) mass is 240 g/mol. The van der Waals surface area contributed by atoms with Crippen molar-refractivity contribution in [3.05, 3.63) is 16.6 Å². The molecule has 0 aliphatic heterocycles. The van der Waals surface area contributed by atoms with Crippen molar-refractivity contribution in [1.82, 2.24) is 10.3 Å². The fourth-order valence-electron chi connectivity index (χ4n) is 1.93. The molecule has 2 nitrogen and oxygen atoms in total. The van der Waals surface area contributed by atoms with E-state index in [1.54, 1.807) is 11.3 Å². The van der Waals surface area contributed by atoms with Gasteiger partial charge in [-0.2, -0.15) is 0 Å². The quantitative estimate of drug-likeness (QED) is 0.667. The molecule has 0 radical (unpaired) electrons. The van der Waals surface area contributed by atoms with Gasteiger partial charge < -0.3 is 5.32 Å². The van der Waals surface area contributed by atoms with Gasteiger partial charge in [-0.1, -0.05) is 39.0 Å². The van der Waals surface area contributed by atoms with Crippen molar-refractivity contribution in [2.45, 2.75) is 57.9 Å². The molecule has 0 spiro atoms. The second-order valence-corrected chi connectivity index (χ2v) is 5.33. The molecule has 3 heteroatoms. The Bertz CT molecular complexity index is 246. The molecule has 0 aliphatic rings. The van der Waals surface area contributed by atoms with E-state index in [4.69, 9.17) is 0 Å². The molecule has 0 fully saturated rings.